The van der Waals surface area contributed by atoms with E-state index in [2.05, 4.69) is 11.9 Å². The van der Waals surface area contributed by atoms with Gasteiger partial charge in [-0.25, -0.2) is 0 Å². The van der Waals surface area contributed by atoms with Gasteiger partial charge in [0.05, 0.1) is 0 Å². The van der Waals surface area contributed by atoms with Crippen LogP contribution in [0.3, 0.4) is 0 Å². The number of hydrogen-bond acceptors (Lipinski definition) is 2. The molecule has 0 fully saturated rings. The first-order valence-electron chi connectivity index (χ1n) is 7.43. The molecular formula is C15H32N2. The molecule has 0 unspecified atom stereocenters. The van der Waals surface area contributed by atoms with E-state index in [0.29, 0.717) is 0 Å². The molecule has 17 heavy (non-hydrogen) atoms. The Labute approximate surface area is 108 Å². The molecule has 0 amide bonds. The van der Waals surface area contributed by atoms with Crippen molar-refractivity contribution in [3.63, 3.8) is 0 Å². The maximum atomic E-state index is 5.46. The molecule has 0 bridgehead atoms. The second-order valence-electron chi connectivity index (χ2n) is 4.82. The average Bonchev–Trinajstić information content (AvgIpc) is 2.35. The Balaban J connectivity index is 2.87. The Hall–Kier alpha value is -0.340. The lowest BCUT2D eigenvalue weighted by molar-refractivity contribution is 0.546. The fraction of sp³-hybridized carbons (Fsp3) is 0.867. The van der Waals surface area contributed by atoms with E-state index < -0.39 is 0 Å². The minimum absolute atomic E-state index is 0.861. The van der Waals surface area contributed by atoms with E-state index >= 15 is 0 Å². The summed E-state index contributed by atoms with van der Waals surface area (Å²) in [6, 6.07) is 0. The van der Waals surface area contributed by atoms with Crippen molar-refractivity contribution in [3.05, 3.63) is 12.7 Å². The fourth-order valence-corrected chi connectivity index (χ4v) is 2.01. The standard InChI is InChI=1S/C15H32N2/c1-2-14-17-15-12-10-8-6-4-3-5-7-9-11-13-16/h2,17H,1,3-16H2. The van der Waals surface area contributed by atoms with Crippen molar-refractivity contribution < 1.29 is 0 Å². The number of rotatable bonds is 14. The summed E-state index contributed by atoms with van der Waals surface area (Å²) in [5.41, 5.74) is 5.46. The minimum Gasteiger partial charge on any atom is -0.330 e. The Bertz CT molecular complexity index is 146. The molecule has 2 nitrogen and oxygen atoms in total. The molecule has 0 aliphatic rings. The summed E-state index contributed by atoms with van der Waals surface area (Å²) in [6.45, 7) is 6.64. The number of nitrogens with one attached hydrogen (secondary N) is 1. The highest BCUT2D eigenvalue weighted by Gasteiger charge is 1.92. The highest BCUT2D eigenvalue weighted by molar-refractivity contribution is 4.69. The van der Waals surface area contributed by atoms with Crippen molar-refractivity contribution in [1.82, 2.24) is 5.32 Å². The summed E-state index contributed by atoms with van der Waals surface area (Å²) in [7, 11) is 0. The maximum absolute atomic E-state index is 5.46. The summed E-state index contributed by atoms with van der Waals surface area (Å²) in [4.78, 5) is 0. The molecule has 0 atom stereocenters. The van der Waals surface area contributed by atoms with Crippen LogP contribution in [-0.2, 0) is 0 Å². The summed E-state index contributed by atoms with van der Waals surface area (Å²) >= 11 is 0. The van der Waals surface area contributed by atoms with Crippen LogP contribution in [0.5, 0.6) is 0 Å². The SMILES string of the molecule is C=CCNCCCCCCCCCCCCN. The van der Waals surface area contributed by atoms with Gasteiger partial charge in [-0.1, -0.05) is 57.4 Å². The first-order valence-corrected chi connectivity index (χ1v) is 7.43. The smallest absolute Gasteiger partial charge is 0.0132 e. The summed E-state index contributed by atoms with van der Waals surface area (Å²) < 4.78 is 0. The fourth-order valence-electron chi connectivity index (χ4n) is 2.01. The largest absolute Gasteiger partial charge is 0.330 e. The quantitative estimate of drug-likeness (QED) is 0.359. The zero-order valence-electron chi connectivity index (χ0n) is 11.6. The Morgan fingerprint density at radius 2 is 1.24 bits per heavy atom. The van der Waals surface area contributed by atoms with Gasteiger partial charge in [-0.15, -0.1) is 6.58 Å². The molecule has 0 aromatic heterocycles. The van der Waals surface area contributed by atoms with E-state index in [1.807, 2.05) is 6.08 Å². The molecule has 0 saturated heterocycles. The predicted molar refractivity (Wildman–Crippen MR) is 78.3 cm³/mol. The van der Waals surface area contributed by atoms with E-state index in [1.165, 1.54) is 64.2 Å². The van der Waals surface area contributed by atoms with Crippen LogP contribution in [0.15, 0.2) is 12.7 Å². The molecule has 0 aromatic carbocycles. The Morgan fingerprint density at radius 3 is 1.71 bits per heavy atom. The molecular weight excluding hydrogens is 208 g/mol. The van der Waals surface area contributed by atoms with Crippen LogP contribution in [0.1, 0.15) is 64.2 Å². The van der Waals surface area contributed by atoms with Gasteiger partial charge in [0.1, 0.15) is 0 Å². The third-order valence-corrected chi connectivity index (χ3v) is 3.10. The second-order valence-corrected chi connectivity index (χ2v) is 4.82. The molecule has 0 rings (SSSR count). The average molecular weight is 240 g/mol. The molecule has 0 spiro atoms. The van der Waals surface area contributed by atoms with E-state index in [-0.39, 0.29) is 0 Å². The molecule has 0 aliphatic heterocycles. The van der Waals surface area contributed by atoms with Crippen molar-refractivity contribution >= 4 is 0 Å². The van der Waals surface area contributed by atoms with Gasteiger partial charge in [0.2, 0.25) is 0 Å². The van der Waals surface area contributed by atoms with Crippen molar-refractivity contribution in [2.24, 2.45) is 5.73 Å². The topological polar surface area (TPSA) is 38.0 Å². The molecule has 0 radical (unpaired) electrons. The third-order valence-electron chi connectivity index (χ3n) is 3.10. The lowest BCUT2D eigenvalue weighted by Gasteiger charge is -2.03. The number of nitrogens with two attached hydrogens (primary N) is 1. The first kappa shape index (κ1) is 16.7. The number of unbranched alkanes of at least 4 members (excludes halogenated alkanes) is 9. The van der Waals surface area contributed by atoms with Crippen molar-refractivity contribution in [3.8, 4) is 0 Å². The lowest BCUT2D eigenvalue weighted by Crippen LogP contribution is -2.14. The molecule has 102 valence electrons. The molecule has 2 heteroatoms. The van der Waals surface area contributed by atoms with Gasteiger partial charge >= 0.3 is 0 Å². The zero-order chi connectivity index (χ0) is 12.6. The van der Waals surface area contributed by atoms with Crippen LogP contribution in [0.2, 0.25) is 0 Å². The van der Waals surface area contributed by atoms with Crippen molar-refractivity contribution in [2.75, 3.05) is 19.6 Å². The van der Waals surface area contributed by atoms with Gasteiger partial charge in [-0.05, 0) is 25.9 Å². The van der Waals surface area contributed by atoms with Crippen LogP contribution in [0.25, 0.3) is 0 Å². The normalized spacial score (nSPS) is 10.6. The molecule has 0 saturated carbocycles. The van der Waals surface area contributed by atoms with Crippen LogP contribution >= 0.6 is 0 Å². The van der Waals surface area contributed by atoms with Gasteiger partial charge in [0.25, 0.3) is 0 Å². The summed E-state index contributed by atoms with van der Waals surface area (Å²) in [5, 5.41) is 3.34. The first-order chi connectivity index (χ1) is 8.41. The van der Waals surface area contributed by atoms with Gasteiger partial charge in [-0.3, -0.25) is 0 Å². The molecule has 0 aromatic rings. The van der Waals surface area contributed by atoms with Crippen LogP contribution < -0.4 is 11.1 Å². The van der Waals surface area contributed by atoms with E-state index in [9.17, 15) is 0 Å². The minimum atomic E-state index is 0.861. The van der Waals surface area contributed by atoms with Gasteiger partial charge in [-0.2, -0.15) is 0 Å². The third kappa shape index (κ3) is 15.7. The van der Waals surface area contributed by atoms with E-state index in [1.54, 1.807) is 0 Å². The van der Waals surface area contributed by atoms with Crippen LogP contribution in [0, 0.1) is 0 Å². The van der Waals surface area contributed by atoms with Crippen molar-refractivity contribution in [1.29, 1.82) is 0 Å². The van der Waals surface area contributed by atoms with Gasteiger partial charge in [0.15, 0.2) is 0 Å². The van der Waals surface area contributed by atoms with Gasteiger partial charge < -0.3 is 11.1 Å². The Morgan fingerprint density at radius 1 is 0.765 bits per heavy atom. The summed E-state index contributed by atoms with van der Waals surface area (Å²) in [5.74, 6) is 0. The van der Waals surface area contributed by atoms with Crippen LogP contribution in [-0.4, -0.2) is 19.6 Å². The molecule has 3 N–H and O–H groups in total. The zero-order valence-corrected chi connectivity index (χ0v) is 11.6. The highest BCUT2D eigenvalue weighted by Crippen LogP contribution is 2.10. The van der Waals surface area contributed by atoms with E-state index in [4.69, 9.17) is 5.73 Å². The monoisotopic (exact) mass is 240 g/mol. The number of hydrogen-bond donors (Lipinski definition) is 2. The summed E-state index contributed by atoms with van der Waals surface area (Å²) in [6.07, 6.45) is 15.6. The molecule has 0 aliphatic carbocycles. The van der Waals surface area contributed by atoms with Gasteiger partial charge in [0, 0.05) is 6.54 Å². The predicted octanol–water partition coefficient (Wildman–Crippen LogP) is 3.62. The lowest BCUT2D eigenvalue weighted by atomic mass is 10.1. The highest BCUT2D eigenvalue weighted by atomic mass is 14.8. The molecule has 0 heterocycles. The second kappa shape index (κ2) is 15.7. The van der Waals surface area contributed by atoms with Crippen LogP contribution in [0.4, 0.5) is 0 Å². The Kier molecular flexibility index (Phi) is 15.3. The van der Waals surface area contributed by atoms with Crippen molar-refractivity contribution in [2.45, 2.75) is 64.2 Å². The maximum Gasteiger partial charge on any atom is 0.0132 e. The van der Waals surface area contributed by atoms with E-state index in [0.717, 1.165) is 19.6 Å².